The first-order chi connectivity index (χ1) is 11.6. The number of benzene rings is 1. The van der Waals surface area contributed by atoms with Crippen molar-refractivity contribution in [3.63, 3.8) is 0 Å². The summed E-state index contributed by atoms with van der Waals surface area (Å²) in [6, 6.07) is 9.52. The van der Waals surface area contributed by atoms with Crippen LogP contribution in [0.25, 0.3) is 0 Å². The van der Waals surface area contributed by atoms with Crippen LogP contribution < -0.4 is 5.32 Å². The SMILES string of the molecule is Cc1ccc(NC(=O)N2CCN(Cc3cccnc3)CC2)cc1Cl. The predicted molar refractivity (Wildman–Crippen MR) is 96.3 cm³/mol. The van der Waals surface area contributed by atoms with Gasteiger partial charge in [0, 0.05) is 55.8 Å². The maximum absolute atomic E-state index is 12.4. The minimum atomic E-state index is -0.0732. The molecule has 1 saturated heterocycles. The monoisotopic (exact) mass is 344 g/mol. The number of piperazine rings is 1. The van der Waals surface area contributed by atoms with Gasteiger partial charge in [0.15, 0.2) is 0 Å². The van der Waals surface area contributed by atoms with Gasteiger partial charge >= 0.3 is 6.03 Å². The highest BCUT2D eigenvalue weighted by atomic mass is 35.5. The van der Waals surface area contributed by atoms with Crippen LogP contribution in [-0.4, -0.2) is 47.0 Å². The van der Waals surface area contributed by atoms with E-state index in [2.05, 4.69) is 21.3 Å². The number of carbonyl (C=O) groups excluding carboxylic acids is 1. The fraction of sp³-hybridized carbons (Fsp3) is 0.333. The molecule has 24 heavy (non-hydrogen) atoms. The molecule has 2 amide bonds. The maximum Gasteiger partial charge on any atom is 0.321 e. The van der Waals surface area contributed by atoms with E-state index < -0.39 is 0 Å². The van der Waals surface area contributed by atoms with Crippen molar-refractivity contribution in [2.45, 2.75) is 13.5 Å². The van der Waals surface area contributed by atoms with Gasteiger partial charge in [0.05, 0.1) is 0 Å². The molecule has 1 aromatic carbocycles. The largest absolute Gasteiger partial charge is 0.322 e. The van der Waals surface area contributed by atoms with Crippen LogP contribution in [0.1, 0.15) is 11.1 Å². The fourth-order valence-corrected chi connectivity index (χ4v) is 2.91. The highest BCUT2D eigenvalue weighted by Crippen LogP contribution is 2.20. The first kappa shape index (κ1) is 16.7. The lowest BCUT2D eigenvalue weighted by Crippen LogP contribution is -2.49. The van der Waals surface area contributed by atoms with Crippen LogP contribution in [0.2, 0.25) is 5.02 Å². The number of urea groups is 1. The van der Waals surface area contributed by atoms with Crippen LogP contribution in [0.5, 0.6) is 0 Å². The molecule has 3 rings (SSSR count). The number of pyridine rings is 1. The molecule has 1 N–H and O–H groups in total. The normalized spacial score (nSPS) is 15.3. The average Bonchev–Trinajstić information content (AvgIpc) is 2.60. The summed E-state index contributed by atoms with van der Waals surface area (Å²) in [6.07, 6.45) is 3.67. The van der Waals surface area contributed by atoms with Gasteiger partial charge in [-0.2, -0.15) is 0 Å². The van der Waals surface area contributed by atoms with Crippen LogP contribution in [-0.2, 0) is 6.54 Å². The first-order valence-electron chi connectivity index (χ1n) is 8.05. The Labute approximate surface area is 147 Å². The summed E-state index contributed by atoms with van der Waals surface area (Å²) in [7, 11) is 0. The smallest absolute Gasteiger partial charge is 0.321 e. The summed E-state index contributed by atoms with van der Waals surface area (Å²) < 4.78 is 0. The molecular weight excluding hydrogens is 324 g/mol. The number of nitrogens with one attached hydrogen (secondary N) is 1. The van der Waals surface area contributed by atoms with Gasteiger partial charge in [-0.15, -0.1) is 0 Å². The van der Waals surface area contributed by atoms with Crippen molar-refractivity contribution >= 4 is 23.3 Å². The van der Waals surface area contributed by atoms with Crippen molar-refractivity contribution < 1.29 is 4.79 Å². The summed E-state index contributed by atoms with van der Waals surface area (Å²) in [5, 5.41) is 3.58. The number of hydrogen-bond acceptors (Lipinski definition) is 3. The van der Waals surface area contributed by atoms with Gasteiger partial charge < -0.3 is 10.2 Å². The molecular formula is C18H21ClN4O. The van der Waals surface area contributed by atoms with Gasteiger partial charge in [0.1, 0.15) is 0 Å². The minimum absolute atomic E-state index is 0.0732. The Morgan fingerprint density at radius 3 is 2.71 bits per heavy atom. The molecule has 1 aliphatic rings. The molecule has 0 radical (unpaired) electrons. The van der Waals surface area contributed by atoms with E-state index in [9.17, 15) is 4.79 Å². The number of amides is 2. The molecule has 0 aliphatic carbocycles. The Morgan fingerprint density at radius 2 is 2.04 bits per heavy atom. The van der Waals surface area contributed by atoms with Gasteiger partial charge in [0.25, 0.3) is 0 Å². The molecule has 5 nitrogen and oxygen atoms in total. The molecule has 0 bridgehead atoms. The molecule has 2 heterocycles. The van der Waals surface area contributed by atoms with E-state index in [1.54, 1.807) is 12.3 Å². The number of hydrogen-bond donors (Lipinski definition) is 1. The Hall–Kier alpha value is -2.11. The minimum Gasteiger partial charge on any atom is -0.322 e. The number of aryl methyl sites for hydroxylation is 1. The molecule has 0 unspecified atom stereocenters. The van der Waals surface area contributed by atoms with E-state index >= 15 is 0 Å². The molecule has 1 fully saturated rings. The first-order valence-corrected chi connectivity index (χ1v) is 8.43. The number of nitrogens with zero attached hydrogens (tertiary/aromatic N) is 3. The average molecular weight is 345 g/mol. The molecule has 2 aromatic rings. The van der Waals surface area contributed by atoms with E-state index in [0.29, 0.717) is 18.1 Å². The second-order valence-corrected chi connectivity index (χ2v) is 6.43. The summed E-state index contributed by atoms with van der Waals surface area (Å²) in [5.41, 5.74) is 2.93. The van der Waals surface area contributed by atoms with Crippen molar-refractivity contribution in [1.29, 1.82) is 0 Å². The number of carbonyl (C=O) groups is 1. The summed E-state index contributed by atoms with van der Waals surface area (Å²) in [4.78, 5) is 20.7. The molecule has 0 atom stereocenters. The highest BCUT2D eigenvalue weighted by Gasteiger charge is 2.21. The van der Waals surface area contributed by atoms with Gasteiger partial charge in [-0.3, -0.25) is 9.88 Å². The molecule has 0 saturated carbocycles. The number of rotatable bonds is 3. The van der Waals surface area contributed by atoms with Gasteiger partial charge in [-0.25, -0.2) is 4.79 Å². The second kappa shape index (κ2) is 7.64. The van der Waals surface area contributed by atoms with Crippen LogP contribution in [0, 0.1) is 6.92 Å². The predicted octanol–water partition coefficient (Wildman–Crippen LogP) is 3.39. The van der Waals surface area contributed by atoms with E-state index in [1.807, 2.05) is 36.2 Å². The molecule has 1 aromatic heterocycles. The van der Waals surface area contributed by atoms with Crippen LogP contribution in [0.4, 0.5) is 10.5 Å². The Bertz CT molecular complexity index is 699. The van der Waals surface area contributed by atoms with E-state index in [4.69, 9.17) is 11.6 Å². The highest BCUT2D eigenvalue weighted by molar-refractivity contribution is 6.31. The lowest BCUT2D eigenvalue weighted by Gasteiger charge is -2.34. The second-order valence-electron chi connectivity index (χ2n) is 6.02. The zero-order valence-corrected chi connectivity index (χ0v) is 14.5. The molecule has 1 aliphatic heterocycles. The van der Waals surface area contributed by atoms with Crippen molar-refractivity contribution in [1.82, 2.24) is 14.8 Å². The van der Waals surface area contributed by atoms with E-state index in [0.717, 1.165) is 30.9 Å². The summed E-state index contributed by atoms with van der Waals surface area (Å²) in [5.74, 6) is 0. The van der Waals surface area contributed by atoms with Crippen LogP contribution in [0.15, 0.2) is 42.7 Å². The van der Waals surface area contributed by atoms with Crippen LogP contribution in [0.3, 0.4) is 0 Å². The number of anilines is 1. The summed E-state index contributed by atoms with van der Waals surface area (Å²) in [6.45, 7) is 5.96. The van der Waals surface area contributed by atoms with Crippen molar-refractivity contribution in [3.8, 4) is 0 Å². The van der Waals surface area contributed by atoms with Crippen LogP contribution >= 0.6 is 11.6 Å². The fourth-order valence-electron chi connectivity index (χ4n) is 2.73. The van der Waals surface area contributed by atoms with Crippen molar-refractivity contribution in [2.75, 3.05) is 31.5 Å². The third-order valence-corrected chi connectivity index (χ3v) is 4.62. The number of aromatic nitrogens is 1. The van der Waals surface area contributed by atoms with Crippen molar-refractivity contribution in [3.05, 3.63) is 58.9 Å². The van der Waals surface area contributed by atoms with Gasteiger partial charge in [0.2, 0.25) is 0 Å². The molecule has 0 spiro atoms. The Morgan fingerprint density at radius 1 is 1.25 bits per heavy atom. The quantitative estimate of drug-likeness (QED) is 0.928. The van der Waals surface area contributed by atoms with Gasteiger partial charge in [-0.05, 0) is 36.2 Å². The molecule has 6 heteroatoms. The maximum atomic E-state index is 12.4. The van der Waals surface area contributed by atoms with E-state index in [-0.39, 0.29) is 6.03 Å². The zero-order chi connectivity index (χ0) is 16.9. The Balaban J connectivity index is 1.50. The summed E-state index contributed by atoms with van der Waals surface area (Å²) >= 11 is 6.10. The molecule has 126 valence electrons. The lowest BCUT2D eigenvalue weighted by atomic mass is 10.2. The van der Waals surface area contributed by atoms with Gasteiger partial charge in [-0.1, -0.05) is 23.7 Å². The van der Waals surface area contributed by atoms with Crippen molar-refractivity contribution in [2.24, 2.45) is 0 Å². The van der Waals surface area contributed by atoms with E-state index in [1.165, 1.54) is 5.56 Å². The number of halogens is 1. The lowest BCUT2D eigenvalue weighted by molar-refractivity contribution is 0.143. The Kier molecular flexibility index (Phi) is 5.33. The standard InChI is InChI=1S/C18H21ClN4O/c1-14-4-5-16(11-17(14)19)21-18(24)23-9-7-22(8-10-23)13-15-3-2-6-20-12-15/h2-6,11-12H,7-10,13H2,1H3,(H,21,24). The third kappa shape index (κ3) is 4.24. The third-order valence-electron chi connectivity index (χ3n) is 4.21. The zero-order valence-electron chi connectivity index (χ0n) is 13.7. The topological polar surface area (TPSA) is 48.5 Å².